The normalized spacial score (nSPS) is 28.7. The van der Waals surface area contributed by atoms with Crippen LogP contribution in [0.15, 0.2) is 42.1 Å². The Bertz CT molecular complexity index is 784. The average Bonchev–Trinajstić information content (AvgIpc) is 2.77. The molecule has 1 unspecified atom stereocenters. The molecule has 0 heterocycles. The number of hydrogen-bond acceptors (Lipinski definition) is 5. The Morgan fingerprint density at radius 1 is 1.19 bits per heavy atom. The zero-order valence-electron chi connectivity index (χ0n) is 18.8. The Labute approximate surface area is 188 Å². The van der Waals surface area contributed by atoms with Gasteiger partial charge in [0, 0.05) is 18.3 Å². The molecule has 1 saturated carbocycles. The number of alkyl halides is 3. The van der Waals surface area contributed by atoms with Crippen LogP contribution in [0.2, 0.25) is 0 Å². The van der Waals surface area contributed by atoms with Crippen molar-refractivity contribution in [3.05, 3.63) is 47.7 Å². The van der Waals surface area contributed by atoms with Gasteiger partial charge in [0.05, 0.1) is 5.54 Å². The maximum atomic E-state index is 12.7. The first-order chi connectivity index (χ1) is 15.2. The van der Waals surface area contributed by atoms with Crippen molar-refractivity contribution in [3.63, 3.8) is 0 Å². The van der Waals surface area contributed by atoms with Gasteiger partial charge in [-0.15, -0.1) is 0 Å². The predicted octanol–water partition coefficient (Wildman–Crippen LogP) is 4.61. The molecule has 3 N–H and O–H groups in total. The zero-order chi connectivity index (χ0) is 23.2. The molecular weight excluding hydrogens is 419 g/mol. The maximum absolute atomic E-state index is 12.7. The number of benzene rings is 1. The summed E-state index contributed by atoms with van der Waals surface area (Å²) < 4.78 is 42.8. The summed E-state index contributed by atoms with van der Waals surface area (Å²) in [4.78, 5) is 11.4. The van der Waals surface area contributed by atoms with Gasteiger partial charge < -0.3 is 15.5 Å². The minimum absolute atomic E-state index is 0.344. The summed E-state index contributed by atoms with van der Waals surface area (Å²) >= 11 is 0. The van der Waals surface area contributed by atoms with Crippen LogP contribution in [-0.4, -0.2) is 30.3 Å². The standard InChI is InChI=1S/C24H34F3N3O2/c1-17-10-11-18(2)21(13-17)30-29-20-9-6-12-23(14-20,16-32-22(31)24(25,26)27)28-15-19-7-4-3-5-8-19/h3-5,7-8,14,17-18,21,28-30H,6,9-13,15-16H2,1-2H3/t17-,18-,21+,23?/m0/s1. The largest absolute Gasteiger partial charge is 0.490 e. The van der Waals surface area contributed by atoms with Gasteiger partial charge in [-0.1, -0.05) is 50.6 Å². The van der Waals surface area contributed by atoms with Crippen molar-refractivity contribution < 1.29 is 22.7 Å². The zero-order valence-corrected chi connectivity index (χ0v) is 18.8. The fourth-order valence-electron chi connectivity index (χ4n) is 4.54. The SMILES string of the molecule is C[C@H]1CC[C@H](C)[C@H](NNC2=CC(COC(=O)C(F)(F)F)(NCc3ccccc3)CCC2)C1. The molecule has 0 aliphatic heterocycles. The summed E-state index contributed by atoms with van der Waals surface area (Å²) in [6.45, 7) is 4.58. The topological polar surface area (TPSA) is 62.4 Å². The molecule has 0 aromatic heterocycles. The van der Waals surface area contributed by atoms with Gasteiger partial charge in [0.15, 0.2) is 0 Å². The van der Waals surface area contributed by atoms with E-state index in [9.17, 15) is 18.0 Å². The molecule has 2 aliphatic rings. The molecule has 1 aromatic carbocycles. The molecule has 0 amide bonds. The number of hydrazine groups is 1. The Kier molecular flexibility index (Phi) is 8.22. The molecule has 0 saturated heterocycles. The van der Waals surface area contributed by atoms with E-state index in [-0.39, 0.29) is 6.61 Å². The summed E-state index contributed by atoms with van der Waals surface area (Å²) in [5.41, 5.74) is 7.80. The summed E-state index contributed by atoms with van der Waals surface area (Å²) in [5.74, 6) is -0.939. The van der Waals surface area contributed by atoms with Crippen LogP contribution in [0.25, 0.3) is 0 Å². The predicted molar refractivity (Wildman–Crippen MR) is 117 cm³/mol. The molecular formula is C24H34F3N3O2. The van der Waals surface area contributed by atoms with Crippen molar-refractivity contribution >= 4 is 5.97 Å². The first kappa shape index (κ1) is 24.6. The number of esters is 1. The summed E-state index contributed by atoms with van der Waals surface area (Å²) in [7, 11) is 0. The van der Waals surface area contributed by atoms with E-state index in [1.165, 1.54) is 12.8 Å². The highest BCUT2D eigenvalue weighted by Gasteiger charge is 2.43. The van der Waals surface area contributed by atoms with E-state index in [0.29, 0.717) is 30.8 Å². The third kappa shape index (κ3) is 6.97. The van der Waals surface area contributed by atoms with E-state index < -0.39 is 17.7 Å². The molecule has 1 fully saturated rings. The highest BCUT2D eigenvalue weighted by Crippen LogP contribution is 2.30. The van der Waals surface area contributed by atoms with Crippen LogP contribution in [0, 0.1) is 11.8 Å². The van der Waals surface area contributed by atoms with Gasteiger partial charge in [-0.3, -0.25) is 0 Å². The number of carbonyl (C=O) groups is 1. The molecule has 3 rings (SSSR count). The number of ether oxygens (including phenoxy) is 1. The highest BCUT2D eigenvalue weighted by molar-refractivity contribution is 5.75. The minimum Gasteiger partial charge on any atom is -0.457 e. The van der Waals surface area contributed by atoms with Crippen LogP contribution in [-0.2, 0) is 16.1 Å². The molecule has 4 atom stereocenters. The van der Waals surface area contributed by atoms with Crippen LogP contribution >= 0.6 is 0 Å². The number of carbonyl (C=O) groups excluding carboxylic acids is 1. The second-order valence-electron chi connectivity index (χ2n) is 9.36. The summed E-state index contributed by atoms with van der Waals surface area (Å²) in [5, 5.41) is 3.35. The van der Waals surface area contributed by atoms with E-state index in [1.54, 1.807) is 0 Å². The lowest BCUT2D eigenvalue weighted by molar-refractivity contribution is -0.201. The first-order valence-electron chi connectivity index (χ1n) is 11.4. The van der Waals surface area contributed by atoms with Gasteiger partial charge in [-0.2, -0.15) is 13.2 Å². The van der Waals surface area contributed by atoms with Gasteiger partial charge in [-0.05, 0) is 55.6 Å². The lowest BCUT2D eigenvalue weighted by Gasteiger charge is -2.38. The molecule has 8 heteroatoms. The van der Waals surface area contributed by atoms with Gasteiger partial charge in [0.2, 0.25) is 0 Å². The van der Waals surface area contributed by atoms with Crippen LogP contribution < -0.4 is 16.2 Å². The number of nitrogens with one attached hydrogen (secondary N) is 3. The second-order valence-corrected chi connectivity index (χ2v) is 9.36. The lowest BCUT2D eigenvalue weighted by atomic mass is 9.80. The van der Waals surface area contributed by atoms with E-state index >= 15 is 0 Å². The van der Waals surface area contributed by atoms with E-state index in [0.717, 1.165) is 30.5 Å². The molecule has 0 spiro atoms. The van der Waals surface area contributed by atoms with Crippen LogP contribution in [0.3, 0.4) is 0 Å². The van der Waals surface area contributed by atoms with Gasteiger partial charge in [-0.25, -0.2) is 10.2 Å². The van der Waals surface area contributed by atoms with Crippen LogP contribution in [0.5, 0.6) is 0 Å². The van der Waals surface area contributed by atoms with Crippen molar-refractivity contribution in [3.8, 4) is 0 Å². The Hall–Kier alpha value is -2.06. The van der Waals surface area contributed by atoms with Gasteiger partial charge >= 0.3 is 12.1 Å². The quantitative estimate of drug-likeness (QED) is 0.397. The van der Waals surface area contributed by atoms with Crippen LogP contribution in [0.4, 0.5) is 13.2 Å². The third-order valence-corrected chi connectivity index (χ3v) is 6.58. The Morgan fingerprint density at radius 2 is 1.94 bits per heavy atom. The molecule has 1 aromatic rings. The molecule has 32 heavy (non-hydrogen) atoms. The van der Waals surface area contributed by atoms with Gasteiger partial charge in [0.1, 0.15) is 6.61 Å². The van der Waals surface area contributed by atoms with Crippen molar-refractivity contribution in [1.82, 2.24) is 16.2 Å². The van der Waals surface area contributed by atoms with E-state index in [1.807, 2.05) is 36.4 Å². The molecule has 2 aliphatic carbocycles. The smallest absolute Gasteiger partial charge is 0.457 e. The van der Waals surface area contributed by atoms with Gasteiger partial charge in [0.25, 0.3) is 0 Å². The number of allylic oxidation sites excluding steroid dienone is 1. The fraction of sp³-hybridized carbons (Fsp3) is 0.625. The Balaban J connectivity index is 1.70. The van der Waals surface area contributed by atoms with Crippen molar-refractivity contribution in [2.45, 2.75) is 76.7 Å². The second kappa shape index (κ2) is 10.7. The first-order valence-corrected chi connectivity index (χ1v) is 11.4. The maximum Gasteiger partial charge on any atom is 0.490 e. The fourth-order valence-corrected chi connectivity index (χ4v) is 4.54. The van der Waals surface area contributed by atoms with E-state index in [4.69, 9.17) is 4.74 Å². The van der Waals surface area contributed by atoms with Crippen LogP contribution in [0.1, 0.15) is 57.9 Å². The summed E-state index contributed by atoms with van der Waals surface area (Å²) in [6, 6.07) is 9.96. The van der Waals surface area contributed by atoms with Crippen molar-refractivity contribution in [2.24, 2.45) is 11.8 Å². The monoisotopic (exact) mass is 453 g/mol. The highest BCUT2D eigenvalue weighted by atomic mass is 19.4. The number of hydrogen-bond donors (Lipinski definition) is 3. The molecule has 178 valence electrons. The molecule has 0 radical (unpaired) electrons. The average molecular weight is 454 g/mol. The summed E-state index contributed by atoms with van der Waals surface area (Å²) in [6.07, 6.45) is 2.51. The molecule has 5 nitrogen and oxygen atoms in total. The lowest BCUT2D eigenvalue weighted by Crippen LogP contribution is -2.52. The third-order valence-electron chi connectivity index (χ3n) is 6.58. The molecule has 0 bridgehead atoms. The van der Waals surface area contributed by atoms with Crippen molar-refractivity contribution in [1.29, 1.82) is 0 Å². The Morgan fingerprint density at radius 3 is 2.66 bits per heavy atom. The number of halogens is 3. The van der Waals surface area contributed by atoms with Crippen molar-refractivity contribution in [2.75, 3.05) is 6.61 Å². The number of rotatable bonds is 8. The van der Waals surface area contributed by atoms with E-state index in [2.05, 4.69) is 30.0 Å². The minimum atomic E-state index is -5.00.